The van der Waals surface area contributed by atoms with Crippen LogP contribution in [0.1, 0.15) is 34.8 Å². The molecule has 140 valence electrons. The minimum absolute atomic E-state index is 0.0429. The Kier molecular flexibility index (Phi) is 6.42. The van der Waals surface area contributed by atoms with Crippen molar-refractivity contribution in [3.8, 4) is 0 Å². The van der Waals surface area contributed by atoms with E-state index in [2.05, 4.69) is 17.4 Å². The van der Waals surface area contributed by atoms with Gasteiger partial charge in [-0.25, -0.2) is 8.42 Å². The largest absolute Gasteiger partial charge is 0.350 e. The van der Waals surface area contributed by atoms with Crippen LogP contribution in [0.4, 0.5) is 5.69 Å². The van der Waals surface area contributed by atoms with Gasteiger partial charge in [0.05, 0.1) is 11.9 Å². The van der Waals surface area contributed by atoms with Gasteiger partial charge in [-0.05, 0) is 56.0 Å². The molecule has 0 saturated heterocycles. The molecule has 0 spiro atoms. The number of rotatable bonds is 7. The summed E-state index contributed by atoms with van der Waals surface area (Å²) < 4.78 is 24.6. The van der Waals surface area contributed by atoms with Crippen molar-refractivity contribution in [1.29, 1.82) is 0 Å². The molecule has 1 atom stereocenters. The van der Waals surface area contributed by atoms with Crippen LogP contribution >= 0.6 is 0 Å². The lowest BCUT2D eigenvalue weighted by Gasteiger charge is -2.20. The fourth-order valence-corrected chi connectivity index (χ4v) is 3.30. The number of aryl methyl sites for hydroxylation is 2. The Morgan fingerprint density at radius 3 is 2.38 bits per heavy atom. The van der Waals surface area contributed by atoms with Gasteiger partial charge in [-0.1, -0.05) is 30.3 Å². The van der Waals surface area contributed by atoms with Gasteiger partial charge in [-0.15, -0.1) is 0 Å². The molecule has 0 aliphatic heterocycles. The topological polar surface area (TPSA) is 66.5 Å². The highest BCUT2D eigenvalue weighted by atomic mass is 32.2. The number of benzene rings is 2. The SMILES string of the molecule is Cc1cc(C(=O)NC(C)CCc2ccccc2)ccc1N(C)S(C)(=O)=O. The van der Waals surface area contributed by atoms with E-state index in [0.717, 1.165) is 24.7 Å². The van der Waals surface area contributed by atoms with Crippen LogP contribution in [0.15, 0.2) is 48.5 Å². The van der Waals surface area contributed by atoms with Crippen LogP contribution in [0.5, 0.6) is 0 Å². The third-order valence-corrected chi connectivity index (χ3v) is 5.57. The van der Waals surface area contributed by atoms with Gasteiger partial charge < -0.3 is 5.32 Å². The summed E-state index contributed by atoms with van der Waals surface area (Å²) in [5.41, 5.74) is 3.08. The molecule has 2 aromatic rings. The molecule has 1 amide bonds. The standard InChI is InChI=1S/C20H26N2O3S/c1-15-14-18(12-13-19(15)22(3)26(4,24)25)20(23)21-16(2)10-11-17-8-6-5-7-9-17/h5-9,12-14,16H,10-11H2,1-4H3,(H,21,23). The van der Waals surface area contributed by atoms with E-state index in [1.165, 1.54) is 16.9 Å². The molecule has 6 heteroatoms. The van der Waals surface area contributed by atoms with Gasteiger partial charge >= 0.3 is 0 Å². The Morgan fingerprint density at radius 2 is 1.81 bits per heavy atom. The Labute approximate surface area is 156 Å². The molecule has 1 N–H and O–H groups in total. The number of nitrogens with one attached hydrogen (secondary N) is 1. The molecule has 1 unspecified atom stereocenters. The van der Waals surface area contributed by atoms with E-state index in [1.807, 2.05) is 25.1 Å². The lowest BCUT2D eigenvalue weighted by molar-refractivity contribution is 0.0938. The summed E-state index contributed by atoms with van der Waals surface area (Å²) in [5.74, 6) is -0.151. The van der Waals surface area contributed by atoms with E-state index in [1.54, 1.807) is 25.1 Å². The van der Waals surface area contributed by atoms with Crippen LogP contribution in [-0.2, 0) is 16.4 Å². The van der Waals surface area contributed by atoms with Gasteiger partial charge in [0.25, 0.3) is 5.91 Å². The van der Waals surface area contributed by atoms with Gasteiger partial charge in [0.2, 0.25) is 10.0 Å². The van der Waals surface area contributed by atoms with Crippen LogP contribution in [-0.4, -0.2) is 33.7 Å². The summed E-state index contributed by atoms with van der Waals surface area (Å²) in [6, 6.07) is 15.2. The van der Waals surface area contributed by atoms with E-state index in [-0.39, 0.29) is 11.9 Å². The minimum atomic E-state index is -3.33. The number of nitrogens with zero attached hydrogens (tertiary/aromatic N) is 1. The summed E-state index contributed by atoms with van der Waals surface area (Å²) in [5, 5.41) is 3.00. The van der Waals surface area contributed by atoms with Crippen LogP contribution < -0.4 is 9.62 Å². The van der Waals surface area contributed by atoms with Crippen LogP contribution in [0.25, 0.3) is 0 Å². The predicted molar refractivity (Wildman–Crippen MR) is 106 cm³/mol. The van der Waals surface area contributed by atoms with E-state index in [9.17, 15) is 13.2 Å². The highest BCUT2D eigenvalue weighted by Crippen LogP contribution is 2.22. The first-order chi connectivity index (χ1) is 12.2. The maximum Gasteiger partial charge on any atom is 0.251 e. The third kappa shape index (κ3) is 5.33. The monoisotopic (exact) mass is 374 g/mol. The number of hydrogen-bond donors (Lipinski definition) is 1. The molecule has 0 radical (unpaired) electrons. The van der Waals surface area contributed by atoms with Gasteiger partial charge in [0.1, 0.15) is 0 Å². The third-order valence-electron chi connectivity index (χ3n) is 4.38. The predicted octanol–water partition coefficient (Wildman–Crippen LogP) is 3.14. The van der Waals surface area contributed by atoms with Gasteiger partial charge in [-0.3, -0.25) is 9.10 Å². The summed E-state index contributed by atoms with van der Waals surface area (Å²) in [6.45, 7) is 3.78. The summed E-state index contributed by atoms with van der Waals surface area (Å²) in [6.07, 6.45) is 2.91. The minimum Gasteiger partial charge on any atom is -0.350 e. The maximum absolute atomic E-state index is 12.5. The zero-order chi connectivity index (χ0) is 19.3. The molecule has 0 saturated carbocycles. The molecular formula is C20H26N2O3S. The molecule has 5 nitrogen and oxygen atoms in total. The van der Waals surface area contributed by atoms with E-state index >= 15 is 0 Å². The van der Waals surface area contributed by atoms with Crippen LogP contribution in [0.3, 0.4) is 0 Å². The lowest BCUT2D eigenvalue weighted by Crippen LogP contribution is -2.33. The van der Waals surface area contributed by atoms with E-state index in [0.29, 0.717) is 11.3 Å². The number of hydrogen-bond acceptors (Lipinski definition) is 3. The van der Waals surface area contributed by atoms with Crippen molar-refractivity contribution in [1.82, 2.24) is 5.32 Å². The van der Waals surface area contributed by atoms with E-state index in [4.69, 9.17) is 0 Å². The Balaban J connectivity index is 2.00. The van der Waals surface area contributed by atoms with Gasteiger partial charge in [-0.2, -0.15) is 0 Å². The Morgan fingerprint density at radius 1 is 1.15 bits per heavy atom. The second-order valence-electron chi connectivity index (χ2n) is 6.63. The Hall–Kier alpha value is -2.34. The van der Waals surface area contributed by atoms with Crippen molar-refractivity contribution >= 4 is 21.6 Å². The molecule has 2 rings (SSSR count). The number of sulfonamides is 1. The average Bonchev–Trinajstić information content (AvgIpc) is 2.59. The quantitative estimate of drug-likeness (QED) is 0.810. The zero-order valence-electron chi connectivity index (χ0n) is 15.7. The second-order valence-corrected chi connectivity index (χ2v) is 8.64. The van der Waals surface area contributed by atoms with Crippen LogP contribution in [0.2, 0.25) is 0 Å². The van der Waals surface area contributed by atoms with Crippen molar-refractivity contribution in [2.24, 2.45) is 0 Å². The normalized spacial score (nSPS) is 12.5. The zero-order valence-corrected chi connectivity index (χ0v) is 16.5. The summed E-state index contributed by atoms with van der Waals surface area (Å²) >= 11 is 0. The van der Waals surface area contributed by atoms with Crippen molar-refractivity contribution < 1.29 is 13.2 Å². The molecule has 0 heterocycles. The Bertz CT molecular complexity index is 864. The molecule has 0 aliphatic carbocycles. The molecule has 0 bridgehead atoms. The number of carbonyl (C=O) groups is 1. The van der Waals surface area contributed by atoms with E-state index < -0.39 is 10.0 Å². The maximum atomic E-state index is 12.5. The fraction of sp³-hybridized carbons (Fsp3) is 0.350. The molecule has 0 fully saturated rings. The molecule has 0 aliphatic rings. The fourth-order valence-electron chi connectivity index (χ4n) is 2.74. The van der Waals surface area contributed by atoms with Crippen molar-refractivity contribution in [3.05, 3.63) is 65.2 Å². The number of carbonyl (C=O) groups excluding carboxylic acids is 1. The number of anilines is 1. The summed E-state index contributed by atoms with van der Waals surface area (Å²) in [7, 11) is -1.83. The molecular weight excluding hydrogens is 348 g/mol. The average molecular weight is 375 g/mol. The highest BCUT2D eigenvalue weighted by Gasteiger charge is 2.16. The molecule has 0 aromatic heterocycles. The first kappa shape index (κ1) is 20.0. The van der Waals surface area contributed by atoms with Crippen LogP contribution in [0, 0.1) is 6.92 Å². The highest BCUT2D eigenvalue weighted by molar-refractivity contribution is 7.92. The van der Waals surface area contributed by atoms with Crippen molar-refractivity contribution in [2.45, 2.75) is 32.7 Å². The molecule has 26 heavy (non-hydrogen) atoms. The first-order valence-corrected chi connectivity index (χ1v) is 10.4. The smallest absolute Gasteiger partial charge is 0.251 e. The lowest BCUT2D eigenvalue weighted by atomic mass is 10.1. The van der Waals surface area contributed by atoms with Gasteiger partial charge in [0.15, 0.2) is 0 Å². The molecule has 2 aromatic carbocycles. The number of amides is 1. The van der Waals surface area contributed by atoms with Gasteiger partial charge in [0, 0.05) is 18.7 Å². The summed E-state index contributed by atoms with van der Waals surface area (Å²) in [4.78, 5) is 12.5. The van der Waals surface area contributed by atoms with Crippen molar-refractivity contribution in [3.63, 3.8) is 0 Å². The second kappa shape index (κ2) is 8.36. The first-order valence-electron chi connectivity index (χ1n) is 8.58. The van der Waals surface area contributed by atoms with Crippen molar-refractivity contribution in [2.75, 3.05) is 17.6 Å².